The molecule has 19 heavy (non-hydrogen) atoms. The average molecular weight is 255 g/mol. The fraction of sp³-hybridized carbons (Fsp3) is 0.267. The smallest absolute Gasteiger partial charge is 0.134 e. The van der Waals surface area contributed by atoms with E-state index in [1.807, 2.05) is 36.9 Å². The van der Waals surface area contributed by atoms with Crippen molar-refractivity contribution in [2.45, 2.75) is 19.9 Å². The van der Waals surface area contributed by atoms with Crippen molar-refractivity contribution in [3.05, 3.63) is 53.0 Å². The van der Waals surface area contributed by atoms with Crippen molar-refractivity contribution in [1.29, 1.82) is 0 Å². The summed E-state index contributed by atoms with van der Waals surface area (Å²) in [5, 5.41) is 5.32. The standard InChI is InChI=1S/C15H17N3O/c1-9-4-5-13-11(6-9)7-14(19-13)15(16)12-8-17-18(3)10(12)2/h4-8,15H,16H2,1-3H3. The lowest BCUT2D eigenvalue weighted by atomic mass is 10.1. The number of nitrogens with two attached hydrogens (primary N) is 1. The van der Waals surface area contributed by atoms with E-state index in [0.29, 0.717) is 0 Å². The van der Waals surface area contributed by atoms with E-state index >= 15 is 0 Å². The van der Waals surface area contributed by atoms with E-state index in [1.165, 1.54) is 5.56 Å². The van der Waals surface area contributed by atoms with Crippen LogP contribution in [0, 0.1) is 13.8 Å². The minimum Gasteiger partial charge on any atom is -0.459 e. The Balaban J connectivity index is 2.06. The summed E-state index contributed by atoms with van der Waals surface area (Å²) in [7, 11) is 1.91. The Morgan fingerprint density at radius 1 is 1.26 bits per heavy atom. The van der Waals surface area contributed by atoms with E-state index in [2.05, 4.69) is 18.1 Å². The van der Waals surface area contributed by atoms with Gasteiger partial charge in [-0.1, -0.05) is 11.6 Å². The third-order valence-corrected chi connectivity index (χ3v) is 3.61. The van der Waals surface area contributed by atoms with Crippen LogP contribution < -0.4 is 5.73 Å². The largest absolute Gasteiger partial charge is 0.459 e. The van der Waals surface area contributed by atoms with Gasteiger partial charge in [-0.05, 0) is 32.0 Å². The Labute approximate surface area is 111 Å². The fourth-order valence-corrected chi connectivity index (χ4v) is 2.31. The fourth-order valence-electron chi connectivity index (χ4n) is 2.31. The first-order chi connectivity index (χ1) is 9.06. The van der Waals surface area contributed by atoms with Gasteiger partial charge in [-0.2, -0.15) is 5.10 Å². The van der Waals surface area contributed by atoms with Crippen molar-refractivity contribution in [2.75, 3.05) is 0 Å². The van der Waals surface area contributed by atoms with Crippen LogP contribution in [0.2, 0.25) is 0 Å². The quantitative estimate of drug-likeness (QED) is 0.766. The summed E-state index contributed by atoms with van der Waals surface area (Å²) in [6, 6.07) is 7.86. The molecule has 3 rings (SSSR count). The molecule has 0 saturated heterocycles. The summed E-state index contributed by atoms with van der Waals surface area (Å²) >= 11 is 0. The van der Waals surface area contributed by atoms with Gasteiger partial charge in [0, 0.05) is 23.7 Å². The molecule has 1 unspecified atom stereocenters. The minimum atomic E-state index is -0.276. The predicted octanol–water partition coefficient (Wildman–Crippen LogP) is 2.83. The molecule has 0 fully saturated rings. The summed E-state index contributed by atoms with van der Waals surface area (Å²) in [6.45, 7) is 4.08. The predicted molar refractivity (Wildman–Crippen MR) is 74.9 cm³/mol. The molecule has 1 atom stereocenters. The van der Waals surface area contributed by atoms with Gasteiger partial charge >= 0.3 is 0 Å². The lowest BCUT2D eigenvalue weighted by Crippen LogP contribution is -2.11. The highest BCUT2D eigenvalue weighted by Gasteiger charge is 2.18. The van der Waals surface area contributed by atoms with Crippen LogP contribution in [0.1, 0.15) is 28.6 Å². The molecule has 0 spiro atoms. The van der Waals surface area contributed by atoms with Crippen LogP contribution in [0.3, 0.4) is 0 Å². The van der Waals surface area contributed by atoms with Crippen molar-refractivity contribution in [1.82, 2.24) is 9.78 Å². The zero-order valence-corrected chi connectivity index (χ0v) is 11.3. The highest BCUT2D eigenvalue weighted by molar-refractivity contribution is 5.78. The molecular weight excluding hydrogens is 238 g/mol. The van der Waals surface area contributed by atoms with Crippen LogP contribution in [0.4, 0.5) is 0 Å². The van der Waals surface area contributed by atoms with Gasteiger partial charge in [-0.25, -0.2) is 0 Å². The first-order valence-corrected chi connectivity index (χ1v) is 6.30. The number of aryl methyl sites for hydroxylation is 2. The number of fused-ring (bicyclic) bond motifs is 1. The Morgan fingerprint density at radius 2 is 2.05 bits per heavy atom. The maximum Gasteiger partial charge on any atom is 0.134 e. The second-order valence-corrected chi connectivity index (χ2v) is 4.98. The summed E-state index contributed by atoms with van der Waals surface area (Å²) < 4.78 is 7.66. The summed E-state index contributed by atoms with van der Waals surface area (Å²) in [5.41, 5.74) is 10.4. The van der Waals surface area contributed by atoms with E-state index in [9.17, 15) is 0 Å². The van der Waals surface area contributed by atoms with Gasteiger partial charge in [0.15, 0.2) is 0 Å². The summed E-state index contributed by atoms with van der Waals surface area (Å²) in [6.07, 6.45) is 1.80. The third kappa shape index (κ3) is 1.94. The highest BCUT2D eigenvalue weighted by atomic mass is 16.3. The molecule has 1 aromatic carbocycles. The maximum absolute atomic E-state index is 6.29. The number of rotatable bonds is 2. The Morgan fingerprint density at radius 3 is 2.74 bits per heavy atom. The van der Waals surface area contributed by atoms with Crippen molar-refractivity contribution in [2.24, 2.45) is 12.8 Å². The lowest BCUT2D eigenvalue weighted by Gasteiger charge is -2.07. The monoisotopic (exact) mass is 255 g/mol. The van der Waals surface area contributed by atoms with Crippen LogP contribution >= 0.6 is 0 Å². The van der Waals surface area contributed by atoms with Crippen molar-refractivity contribution < 1.29 is 4.42 Å². The van der Waals surface area contributed by atoms with Gasteiger partial charge in [0.1, 0.15) is 11.3 Å². The molecular formula is C15H17N3O. The number of hydrogen-bond donors (Lipinski definition) is 1. The second-order valence-electron chi connectivity index (χ2n) is 4.98. The number of benzene rings is 1. The van der Waals surface area contributed by atoms with Crippen LogP contribution in [-0.2, 0) is 7.05 Å². The summed E-state index contributed by atoms with van der Waals surface area (Å²) in [5.74, 6) is 0.775. The zero-order valence-electron chi connectivity index (χ0n) is 11.3. The SMILES string of the molecule is Cc1ccc2oc(C(N)c3cnn(C)c3C)cc2c1. The lowest BCUT2D eigenvalue weighted by molar-refractivity contribution is 0.524. The van der Waals surface area contributed by atoms with E-state index in [1.54, 1.807) is 6.20 Å². The molecule has 0 aliphatic heterocycles. The van der Waals surface area contributed by atoms with E-state index in [0.717, 1.165) is 28.0 Å². The molecule has 0 amide bonds. The number of nitrogens with zero attached hydrogens (tertiary/aromatic N) is 2. The molecule has 98 valence electrons. The van der Waals surface area contributed by atoms with Crippen LogP contribution in [0.5, 0.6) is 0 Å². The highest BCUT2D eigenvalue weighted by Crippen LogP contribution is 2.28. The van der Waals surface area contributed by atoms with E-state index in [-0.39, 0.29) is 6.04 Å². The second kappa shape index (κ2) is 4.24. The molecule has 0 aliphatic carbocycles. The average Bonchev–Trinajstić information content (AvgIpc) is 2.93. The van der Waals surface area contributed by atoms with Gasteiger partial charge in [-0.15, -0.1) is 0 Å². The molecule has 4 heteroatoms. The van der Waals surface area contributed by atoms with Crippen LogP contribution in [0.25, 0.3) is 11.0 Å². The molecule has 0 bridgehead atoms. The van der Waals surface area contributed by atoms with Crippen LogP contribution in [-0.4, -0.2) is 9.78 Å². The number of hydrogen-bond acceptors (Lipinski definition) is 3. The number of aromatic nitrogens is 2. The van der Waals surface area contributed by atoms with Gasteiger partial charge in [0.05, 0.1) is 12.2 Å². The number of furan rings is 1. The summed E-state index contributed by atoms with van der Waals surface area (Å²) in [4.78, 5) is 0. The zero-order chi connectivity index (χ0) is 13.6. The Kier molecular flexibility index (Phi) is 2.68. The minimum absolute atomic E-state index is 0.276. The normalized spacial score (nSPS) is 13.1. The van der Waals surface area contributed by atoms with Crippen LogP contribution in [0.15, 0.2) is 34.9 Å². The molecule has 0 saturated carbocycles. The van der Waals surface area contributed by atoms with E-state index in [4.69, 9.17) is 10.2 Å². The van der Waals surface area contributed by atoms with Gasteiger partial charge in [0.2, 0.25) is 0 Å². The molecule has 2 heterocycles. The molecule has 2 N–H and O–H groups in total. The Hall–Kier alpha value is -2.07. The molecule has 2 aromatic heterocycles. The van der Waals surface area contributed by atoms with Gasteiger partial charge in [-0.3, -0.25) is 4.68 Å². The molecule has 0 aliphatic rings. The molecule has 3 aromatic rings. The maximum atomic E-state index is 6.29. The van der Waals surface area contributed by atoms with Crippen molar-refractivity contribution in [3.63, 3.8) is 0 Å². The van der Waals surface area contributed by atoms with Gasteiger partial charge in [0.25, 0.3) is 0 Å². The topological polar surface area (TPSA) is 57.0 Å². The van der Waals surface area contributed by atoms with Crippen molar-refractivity contribution >= 4 is 11.0 Å². The Bertz CT molecular complexity index is 739. The third-order valence-electron chi connectivity index (χ3n) is 3.61. The van der Waals surface area contributed by atoms with Gasteiger partial charge < -0.3 is 10.2 Å². The molecule has 4 nitrogen and oxygen atoms in total. The van der Waals surface area contributed by atoms with Crippen molar-refractivity contribution in [3.8, 4) is 0 Å². The first-order valence-electron chi connectivity index (χ1n) is 6.30. The first kappa shape index (κ1) is 12.0. The van der Waals surface area contributed by atoms with E-state index < -0.39 is 0 Å². The molecule has 0 radical (unpaired) electrons.